The molecule has 2 aromatic rings. The third-order valence-electron chi connectivity index (χ3n) is 3.72. The fraction of sp³-hybridized carbons (Fsp3) is 0.400. The van der Waals surface area contributed by atoms with Gasteiger partial charge in [-0.15, -0.1) is 0 Å². The summed E-state index contributed by atoms with van der Waals surface area (Å²) < 4.78 is 0. The fourth-order valence-electron chi connectivity index (χ4n) is 2.49. The normalized spacial score (nSPS) is 11.3. The lowest BCUT2D eigenvalue weighted by atomic mass is 9.91. The summed E-state index contributed by atoms with van der Waals surface area (Å²) >= 11 is 6.27. The Morgan fingerprint density at radius 3 is 2.46 bits per heavy atom. The van der Waals surface area contributed by atoms with Gasteiger partial charge in [0.1, 0.15) is 0 Å². The first-order chi connectivity index (χ1) is 11.3. The molecule has 1 aromatic carbocycles. The van der Waals surface area contributed by atoms with E-state index in [9.17, 15) is 4.79 Å². The molecule has 0 spiro atoms. The number of carbonyl (C=O) groups excluding carboxylic acids is 1. The number of hydrogen-bond donors (Lipinski definition) is 0. The van der Waals surface area contributed by atoms with Gasteiger partial charge < -0.3 is 4.90 Å². The van der Waals surface area contributed by atoms with Crippen molar-refractivity contribution in [1.82, 2.24) is 9.88 Å². The quantitative estimate of drug-likeness (QED) is 0.758. The standard InChI is InChI=1S/C20H25ClN2O/c1-20(2,3)14-19(24)23(13-11-17-9-6-7-12-22-17)15-16-8-4-5-10-18(16)21/h4-10,12H,11,13-15H2,1-3H3. The van der Waals surface area contributed by atoms with Crippen LogP contribution in [0.25, 0.3) is 0 Å². The molecular weight excluding hydrogens is 320 g/mol. The molecule has 0 atom stereocenters. The molecule has 0 aliphatic rings. The Labute approximate surface area is 149 Å². The second kappa shape index (κ2) is 8.29. The van der Waals surface area contributed by atoms with E-state index in [2.05, 4.69) is 25.8 Å². The predicted molar refractivity (Wildman–Crippen MR) is 98.9 cm³/mol. The van der Waals surface area contributed by atoms with Crippen LogP contribution in [-0.2, 0) is 17.8 Å². The Kier molecular flexibility index (Phi) is 6.38. The van der Waals surface area contributed by atoms with Gasteiger partial charge in [-0.25, -0.2) is 0 Å². The van der Waals surface area contributed by atoms with E-state index in [1.165, 1.54) is 0 Å². The highest BCUT2D eigenvalue weighted by Gasteiger charge is 2.22. The minimum absolute atomic E-state index is 0.0409. The molecule has 4 heteroatoms. The van der Waals surface area contributed by atoms with Crippen LogP contribution in [-0.4, -0.2) is 22.3 Å². The maximum absolute atomic E-state index is 12.8. The lowest BCUT2D eigenvalue weighted by Crippen LogP contribution is -2.35. The van der Waals surface area contributed by atoms with E-state index >= 15 is 0 Å². The van der Waals surface area contributed by atoms with E-state index in [1.54, 1.807) is 6.20 Å². The van der Waals surface area contributed by atoms with Gasteiger partial charge in [0.15, 0.2) is 0 Å². The largest absolute Gasteiger partial charge is 0.338 e. The average molecular weight is 345 g/mol. The number of rotatable bonds is 6. The number of carbonyl (C=O) groups is 1. The van der Waals surface area contributed by atoms with E-state index in [1.807, 2.05) is 47.4 Å². The van der Waals surface area contributed by atoms with Crippen LogP contribution in [0, 0.1) is 5.41 Å². The summed E-state index contributed by atoms with van der Waals surface area (Å²) in [5.41, 5.74) is 1.92. The van der Waals surface area contributed by atoms with E-state index in [-0.39, 0.29) is 11.3 Å². The first kappa shape index (κ1) is 18.5. The van der Waals surface area contributed by atoms with Crippen molar-refractivity contribution in [3.05, 3.63) is 64.9 Å². The van der Waals surface area contributed by atoms with Crippen LogP contribution >= 0.6 is 11.6 Å². The van der Waals surface area contributed by atoms with Crippen LogP contribution in [0.3, 0.4) is 0 Å². The molecule has 24 heavy (non-hydrogen) atoms. The summed E-state index contributed by atoms with van der Waals surface area (Å²) in [6.45, 7) is 7.41. The number of halogens is 1. The van der Waals surface area contributed by atoms with Gasteiger partial charge in [0.25, 0.3) is 0 Å². The van der Waals surface area contributed by atoms with Crippen molar-refractivity contribution in [2.45, 2.75) is 40.2 Å². The lowest BCUT2D eigenvalue weighted by Gasteiger charge is -2.27. The van der Waals surface area contributed by atoms with Gasteiger partial charge in [-0.1, -0.05) is 56.6 Å². The predicted octanol–water partition coefficient (Wildman–Crippen LogP) is 4.74. The molecule has 3 nitrogen and oxygen atoms in total. The highest BCUT2D eigenvalue weighted by Crippen LogP contribution is 2.22. The molecule has 0 unspecified atom stereocenters. The smallest absolute Gasteiger partial charge is 0.223 e. The topological polar surface area (TPSA) is 33.2 Å². The zero-order chi connectivity index (χ0) is 17.6. The summed E-state index contributed by atoms with van der Waals surface area (Å²) in [4.78, 5) is 19.0. The van der Waals surface area contributed by atoms with Crippen molar-refractivity contribution in [2.75, 3.05) is 6.54 Å². The molecule has 128 valence electrons. The second-order valence-electron chi connectivity index (χ2n) is 7.22. The van der Waals surface area contributed by atoms with Crippen molar-refractivity contribution in [2.24, 2.45) is 5.41 Å². The molecule has 0 N–H and O–H groups in total. The third kappa shape index (κ3) is 5.97. The summed E-state index contributed by atoms with van der Waals surface area (Å²) in [7, 11) is 0. The molecule has 0 bridgehead atoms. The summed E-state index contributed by atoms with van der Waals surface area (Å²) in [6.07, 6.45) is 3.03. The zero-order valence-electron chi connectivity index (χ0n) is 14.6. The van der Waals surface area contributed by atoms with Crippen molar-refractivity contribution < 1.29 is 4.79 Å². The summed E-state index contributed by atoms with van der Waals surface area (Å²) in [5, 5.41) is 0.698. The van der Waals surface area contributed by atoms with Crippen LogP contribution in [0.15, 0.2) is 48.7 Å². The Balaban J connectivity index is 2.11. The summed E-state index contributed by atoms with van der Waals surface area (Å²) in [6, 6.07) is 13.5. The van der Waals surface area contributed by atoms with Gasteiger partial charge in [-0.2, -0.15) is 0 Å². The molecule has 2 rings (SSSR count). The molecule has 0 radical (unpaired) electrons. The first-order valence-corrected chi connectivity index (χ1v) is 8.64. The maximum Gasteiger partial charge on any atom is 0.223 e. The van der Waals surface area contributed by atoms with Gasteiger partial charge in [-0.3, -0.25) is 9.78 Å². The number of amides is 1. The number of hydrogen-bond acceptors (Lipinski definition) is 2. The molecule has 0 aliphatic heterocycles. The van der Waals surface area contributed by atoms with Crippen molar-refractivity contribution in [1.29, 1.82) is 0 Å². The lowest BCUT2D eigenvalue weighted by molar-refractivity contribution is -0.133. The number of aromatic nitrogens is 1. The van der Waals surface area contributed by atoms with Crippen molar-refractivity contribution in [3.63, 3.8) is 0 Å². The van der Waals surface area contributed by atoms with E-state index in [0.717, 1.165) is 17.7 Å². The minimum atomic E-state index is -0.0409. The molecule has 0 saturated carbocycles. The van der Waals surface area contributed by atoms with Gasteiger partial charge in [0.05, 0.1) is 0 Å². The van der Waals surface area contributed by atoms with Crippen LogP contribution in [0.2, 0.25) is 5.02 Å². The van der Waals surface area contributed by atoms with Crippen molar-refractivity contribution in [3.8, 4) is 0 Å². The monoisotopic (exact) mass is 344 g/mol. The Morgan fingerprint density at radius 1 is 1.12 bits per heavy atom. The number of pyridine rings is 1. The Bertz CT molecular complexity index is 665. The number of nitrogens with zero attached hydrogens (tertiary/aromatic N) is 2. The first-order valence-electron chi connectivity index (χ1n) is 8.26. The van der Waals surface area contributed by atoms with Gasteiger partial charge in [-0.05, 0) is 29.2 Å². The zero-order valence-corrected chi connectivity index (χ0v) is 15.4. The maximum atomic E-state index is 12.8. The van der Waals surface area contributed by atoms with Crippen LogP contribution in [0.5, 0.6) is 0 Å². The number of benzene rings is 1. The molecule has 0 aliphatic carbocycles. The Hall–Kier alpha value is -1.87. The average Bonchev–Trinajstić information content (AvgIpc) is 2.52. The third-order valence-corrected chi connectivity index (χ3v) is 4.09. The second-order valence-corrected chi connectivity index (χ2v) is 7.62. The molecule has 1 heterocycles. The van der Waals surface area contributed by atoms with Gasteiger partial charge in [0, 0.05) is 42.8 Å². The molecular formula is C20H25ClN2O. The van der Waals surface area contributed by atoms with E-state index in [4.69, 9.17) is 11.6 Å². The molecule has 1 amide bonds. The van der Waals surface area contributed by atoms with E-state index in [0.29, 0.717) is 24.5 Å². The fourth-order valence-corrected chi connectivity index (χ4v) is 2.68. The van der Waals surface area contributed by atoms with Gasteiger partial charge in [0.2, 0.25) is 5.91 Å². The van der Waals surface area contributed by atoms with Crippen LogP contribution in [0.4, 0.5) is 0 Å². The summed E-state index contributed by atoms with van der Waals surface area (Å²) in [5.74, 6) is 0.151. The van der Waals surface area contributed by atoms with Crippen LogP contribution in [0.1, 0.15) is 38.4 Å². The Morgan fingerprint density at radius 2 is 1.83 bits per heavy atom. The molecule has 0 fully saturated rings. The van der Waals surface area contributed by atoms with Gasteiger partial charge >= 0.3 is 0 Å². The SMILES string of the molecule is CC(C)(C)CC(=O)N(CCc1ccccn1)Cc1ccccc1Cl. The highest BCUT2D eigenvalue weighted by molar-refractivity contribution is 6.31. The van der Waals surface area contributed by atoms with E-state index < -0.39 is 0 Å². The van der Waals surface area contributed by atoms with Crippen molar-refractivity contribution >= 4 is 17.5 Å². The van der Waals surface area contributed by atoms with Crippen LogP contribution < -0.4 is 0 Å². The molecule has 1 aromatic heterocycles. The minimum Gasteiger partial charge on any atom is -0.338 e. The highest BCUT2D eigenvalue weighted by atomic mass is 35.5. The molecule has 0 saturated heterocycles.